The average Bonchev–Trinajstić information content (AvgIpc) is 2.37. The zero-order valence-electron chi connectivity index (χ0n) is 11.2. The summed E-state index contributed by atoms with van der Waals surface area (Å²) in [6.45, 7) is 0.870. The van der Waals surface area contributed by atoms with E-state index in [4.69, 9.17) is 11.6 Å². The van der Waals surface area contributed by atoms with E-state index in [9.17, 15) is 4.79 Å². The highest BCUT2D eigenvalue weighted by Gasteiger charge is 2.30. The first-order chi connectivity index (χ1) is 9.20. The zero-order valence-corrected chi connectivity index (χ0v) is 12.0. The fraction of sp³-hybridized carbons (Fsp3) is 0.533. The number of methoxy groups -OCH3 is 1. The van der Waals surface area contributed by atoms with Crippen LogP contribution in [-0.4, -0.2) is 25.7 Å². The Morgan fingerprint density at radius 3 is 2.84 bits per heavy atom. The molecule has 4 heteroatoms. The summed E-state index contributed by atoms with van der Waals surface area (Å²) in [7, 11) is 1.43. The number of rotatable bonds is 6. The molecule has 0 aliphatic heterocycles. The third-order valence-electron chi connectivity index (χ3n) is 3.70. The van der Waals surface area contributed by atoms with Crippen molar-refractivity contribution < 1.29 is 9.53 Å². The van der Waals surface area contributed by atoms with E-state index < -0.39 is 0 Å². The van der Waals surface area contributed by atoms with Crippen LogP contribution in [0.5, 0.6) is 0 Å². The van der Waals surface area contributed by atoms with Crippen LogP contribution in [-0.2, 0) is 9.53 Å². The lowest BCUT2D eigenvalue weighted by Crippen LogP contribution is -2.40. The second-order valence-electron chi connectivity index (χ2n) is 5.02. The maximum atomic E-state index is 10.9. The van der Waals surface area contributed by atoms with E-state index in [-0.39, 0.29) is 5.97 Å². The van der Waals surface area contributed by atoms with Crippen LogP contribution in [0.25, 0.3) is 0 Å². The smallest absolute Gasteiger partial charge is 0.305 e. The van der Waals surface area contributed by atoms with Crippen LogP contribution in [0.1, 0.15) is 37.2 Å². The molecule has 0 aromatic heterocycles. The molecule has 0 radical (unpaired) electrons. The van der Waals surface area contributed by atoms with Gasteiger partial charge >= 0.3 is 5.97 Å². The third kappa shape index (κ3) is 3.95. The molecule has 1 aliphatic rings. The van der Waals surface area contributed by atoms with Crippen molar-refractivity contribution in [2.24, 2.45) is 0 Å². The molecule has 0 amide bonds. The molecule has 0 unspecified atom stereocenters. The Morgan fingerprint density at radius 2 is 2.16 bits per heavy atom. The van der Waals surface area contributed by atoms with E-state index >= 15 is 0 Å². The predicted molar refractivity (Wildman–Crippen MR) is 76.5 cm³/mol. The summed E-state index contributed by atoms with van der Waals surface area (Å²) in [6.07, 6.45) is 3.58. The van der Waals surface area contributed by atoms with Crippen LogP contribution >= 0.6 is 11.6 Å². The molecular weight excluding hydrogens is 262 g/mol. The maximum absolute atomic E-state index is 10.9. The van der Waals surface area contributed by atoms with Gasteiger partial charge in [0.1, 0.15) is 0 Å². The Labute approximate surface area is 119 Å². The van der Waals surface area contributed by atoms with Crippen LogP contribution in [0.3, 0.4) is 0 Å². The SMILES string of the molecule is COC(=O)CCCNC1CC(c2ccccc2Cl)C1. The fourth-order valence-corrected chi connectivity index (χ4v) is 2.78. The van der Waals surface area contributed by atoms with E-state index in [2.05, 4.69) is 16.1 Å². The number of benzene rings is 1. The van der Waals surface area contributed by atoms with Gasteiger partial charge in [0, 0.05) is 17.5 Å². The molecule has 1 aliphatic carbocycles. The molecule has 2 rings (SSSR count). The van der Waals surface area contributed by atoms with Crippen LogP contribution < -0.4 is 5.32 Å². The maximum Gasteiger partial charge on any atom is 0.305 e. The van der Waals surface area contributed by atoms with Gasteiger partial charge in [-0.2, -0.15) is 0 Å². The summed E-state index contributed by atoms with van der Waals surface area (Å²) >= 11 is 6.19. The Bertz CT molecular complexity index is 430. The molecule has 1 aromatic rings. The summed E-state index contributed by atoms with van der Waals surface area (Å²) in [6, 6.07) is 8.62. The van der Waals surface area contributed by atoms with Crippen molar-refractivity contribution in [2.45, 2.75) is 37.6 Å². The van der Waals surface area contributed by atoms with E-state index in [1.165, 1.54) is 12.7 Å². The van der Waals surface area contributed by atoms with Crippen molar-refractivity contribution in [1.29, 1.82) is 0 Å². The highest BCUT2D eigenvalue weighted by Crippen LogP contribution is 2.39. The highest BCUT2D eigenvalue weighted by molar-refractivity contribution is 6.31. The number of halogens is 1. The lowest BCUT2D eigenvalue weighted by Gasteiger charge is -2.36. The summed E-state index contributed by atoms with van der Waals surface area (Å²) in [5, 5.41) is 4.34. The molecule has 19 heavy (non-hydrogen) atoms. The monoisotopic (exact) mass is 281 g/mol. The molecule has 0 saturated heterocycles. The molecule has 1 fully saturated rings. The number of carbonyl (C=O) groups excluding carboxylic acids is 1. The predicted octanol–water partition coefficient (Wildman–Crippen LogP) is 3.13. The first-order valence-electron chi connectivity index (χ1n) is 6.75. The zero-order chi connectivity index (χ0) is 13.7. The van der Waals surface area contributed by atoms with Crippen LogP contribution in [0.2, 0.25) is 5.02 Å². The van der Waals surface area contributed by atoms with Crippen LogP contribution in [0.4, 0.5) is 0 Å². The van der Waals surface area contributed by atoms with Crippen molar-refractivity contribution in [3.63, 3.8) is 0 Å². The van der Waals surface area contributed by atoms with Crippen LogP contribution in [0.15, 0.2) is 24.3 Å². The number of esters is 1. The van der Waals surface area contributed by atoms with Gasteiger partial charge in [0.25, 0.3) is 0 Å². The van der Waals surface area contributed by atoms with Gasteiger partial charge in [-0.1, -0.05) is 29.8 Å². The standard InChI is InChI=1S/C15H20ClNO2/c1-19-15(18)7-4-8-17-12-9-11(10-12)13-5-2-3-6-14(13)16/h2-3,5-6,11-12,17H,4,7-10H2,1H3. The molecule has 1 saturated carbocycles. The minimum absolute atomic E-state index is 0.135. The Hall–Kier alpha value is -1.06. The second kappa shape index (κ2) is 6.92. The topological polar surface area (TPSA) is 38.3 Å². The summed E-state index contributed by atoms with van der Waals surface area (Å²) in [4.78, 5) is 10.9. The third-order valence-corrected chi connectivity index (χ3v) is 4.05. The summed E-state index contributed by atoms with van der Waals surface area (Å²) in [5.41, 5.74) is 1.26. The number of hydrogen-bond acceptors (Lipinski definition) is 3. The van der Waals surface area contributed by atoms with Gasteiger partial charge in [0.05, 0.1) is 7.11 Å². The number of nitrogens with one attached hydrogen (secondary N) is 1. The molecule has 1 N–H and O–H groups in total. The van der Waals surface area contributed by atoms with Gasteiger partial charge in [-0.25, -0.2) is 0 Å². The molecule has 0 spiro atoms. The van der Waals surface area contributed by atoms with Gasteiger partial charge in [-0.05, 0) is 43.4 Å². The lowest BCUT2D eigenvalue weighted by molar-refractivity contribution is -0.140. The van der Waals surface area contributed by atoms with Gasteiger partial charge in [-0.15, -0.1) is 0 Å². The lowest BCUT2D eigenvalue weighted by atomic mass is 9.76. The van der Waals surface area contributed by atoms with Crippen molar-refractivity contribution in [1.82, 2.24) is 5.32 Å². The Balaban J connectivity index is 1.64. The van der Waals surface area contributed by atoms with Crippen molar-refractivity contribution >= 4 is 17.6 Å². The highest BCUT2D eigenvalue weighted by atomic mass is 35.5. The summed E-state index contributed by atoms with van der Waals surface area (Å²) < 4.78 is 4.60. The average molecular weight is 282 g/mol. The normalized spacial score (nSPS) is 21.8. The van der Waals surface area contributed by atoms with E-state index in [0.29, 0.717) is 18.4 Å². The molecular formula is C15H20ClNO2. The van der Waals surface area contributed by atoms with Gasteiger partial charge in [0.15, 0.2) is 0 Å². The second-order valence-corrected chi connectivity index (χ2v) is 5.43. The van der Waals surface area contributed by atoms with E-state index in [1.54, 1.807) is 0 Å². The quantitative estimate of drug-likeness (QED) is 0.643. The number of carbonyl (C=O) groups is 1. The molecule has 3 nitrogen and oxygen atoms in total. The molecule has 104 valence electrons. The van der Waals surface area contributed by atoms with Gasteiger partial charge < -0.3 is 10.1 Å². The summed E-state index contributed by atoms with van der Waals surface area (Å²) in [5.74, 6) is 0.441. The molecule has 0 heterocycles. The first kappa shape index (κ1) is 14.4. The number of hydrogen-bond donors (Lipinski definition) is 1. The molecule has 1 aromatic carbocycles. The van der Waals surface area contributed by atoms with Crippen molar-refractivity contribution in [3.05, 3.63) is 34.9 Å². The first-order valence-corrected chi connectivity index (χ1v) is 7.13. The number of ether oxygens (including phenoxy) is 1. The van der Waals surface area contributed by atoms with Gasteiger partial charge in [-0.3, -0.25) is 4.79 Å². The fourth-order valence-electron chi connectivity index (χ4n) is 2.49. The minimum Gasteiger partial charge on any atom is -0.469 e. The van der Waals surface area contributed by atoms with E-state index in [1.807, 2.05) is 18.2 Å². The van der Waals surface area contributed by atoms with Crippen molar-refractivity contribution in [2.75, 3.05) is 13.7 Å². The van der Waals surface area contributed by atoms with E-state index in [0.717, 1.165) is 30.8 Å². The Morgan fingerprint density at radius 1 is 1.42 bits per heavy atom. The molecule has 0 bridgehead atoms. The Kier molecular flexibility index (Phi) is 5.23. The minimum atomic E-state index is -0.135. The van der Waals surface area contributed by atoms with Crippen LogP contribution in [0, 0.1) is 0 Å². The van der Waals surface area contributed by atoms with Crippen molar-refractivity contribution in [3.8, 4) is 0 Å². The largest absolute Gasteiger partial charge is 0.469 e. The molecule has 0 atom stereocenters. The van der Waals surface area contributed by atoms with Gasteiger partial charge in [0.2, 0.25) is 0 Å².